The summed E-state index contributed by atoms with van der Waals surface area (Å²) in [5.74, 6) is 2.81. The number of para-hydroxylation sites is 9. The van der Waals surface area contributed by atoms with E-state index < -0.39 is 0 Å². The van der Waals surface area contributed by atoms with Crippen LogP contribution in [0.3, 0.4) is 0 Å². The van der Waals surface area contributed by atoms with E-state index in [-0.39, 0.29) is 0 Å². The molecule has 11 nitrogen and oxygen atoms in total. The molecule has 15 heteroatoms. The van der Waals surface area contributed by atoms with Crippen LogP contribution in [0.2, 0.25) is 0 Å². The minimum atomic E-state index is 0.924. The molecule has 27 rings (SSSR count). The summed E-state index contributed by atoms with van der Waals surface area (Å²) < 4.78 is 21.3. The number of hydrogen-bond acceptors (Lipinski definition) is 10. The largest absolute Gasteiger partial charge is 0.309 e. The maximum Gasteiger partial charge on any atom is 0.159 e. The van der Waals surface area contributed by atoms with Gasteiger partial charge in [-0.3, -0.25) is 13.7 Å². The van der Waals surface area contributed by atoms with Crippen molar-refractivity contribution in [2.24, 2.45) is 0 Å². The maximum atomic E-state index is 4.91. The van der Waals surface area contributed by atoms with Gasteiger partial charge in [0.15, 0.2) is 17.5 Å². The SMILES string of the molecule is c1ccc(-c2ccc(-n3c4ccccc4c4cc5c(cc43)sc3c(-n4c6ccccc6c6ccccc64)ncnc35)cc2)cc1.c1ccc(-n2c3ccccc3c3cc4c(cc32)sc2c(-n3c5ccccc5c5ccccc53)ncnc24)cc1.c1ccc2c(c1)sc1c2ccc2sc3c(-n4c5ccccc5c5ccccc54)ncnc3c21. The van der Waals surface area contributed by atoms with Crippen molar-refractivity contribution in [3.05, 3.63) is 359 Å². The zero-order valence-corrected chi connectivity index (χ0v) is 65.4. The van der Waals surface area contributed by atoms with Gasteiger partial charge in [0.05, 0.1) is 85.8 Å². The van der Waals surface area contributed by atoms with Gasteiger partial charge >= 0.3 is 0 Å². The van der Waals surface area contributed by atoms with E-state index in [4.69, 9.17) is 29.9 Å². The highest BCUT2D eigenvalue weighted by Crippen LogP contribution is 2.49. The van der Waals surface area contributed by atoms with Crippen LogP contribution < -0.4 is 0 Å². The summed E-state index contributed by atoms with van der Waals surface area (Å²) >= 11 is 7.19. The first-order chi connectivity index (χ1) is 58.1. The number of nitrogens with zero attached hydrogens (tertiary/aromatic N) is 11. The van der Waals surface area contributed by atoms with E-state index in [1.807, 2.05) is 11.3 Å². The van der Waals surface area contributed by atoms with Gasteiger partial charge in [0, 0.05) is 116 Å². The molecule has 0 atom stereocenters. The molecule has 0 unspecified atom stereocenters. The van der Waals surface area contributed by atoms with E-state index in [0.717, 1.165) is 86.9 Å². The fraction of sp³-hybridized carbons (Fsp3) is 0. The Morgan fingerprint density at radius 2 is 0.496 bits per heavy atom. The Morgan fingerprint density at radius 3 is 0.923 bits per heavy atom. The second-order valence-electron chi connectivity index (χ2n) is 29.6. The number of hydrogen-bond donors (Lipinski definition) is 0. The first kappa shape index (κ1) is 65.9. The molecule has 0 radical (unpaired) electrons. The third kappa shape index (κ3) is 9.95. The van der Waals surface area contributed by atoms with Crippen molar-refractivity contribution in [2.75, 3.05) is 0 Å². The van der Waals surface area contributed by atoms with Crippen LogP contribution in [0.1, 0.15) is 0 Å². The summed E-state index contributed by atoms with van der Waals surface area (Å²) in [5, 5.41) is 18.5. The summed E-state index contributed by atoms with van der Waals surface area (Å²) in [6, 6.07) is 121. The molecule has 12 heterocycles. The predicted octanol–water partition coefficient (Wildman–Crippen LogP) is 28.1. The molecular weight excluding hydrogens is 1510 g/mol. The molecule has 0 aliphatic carbocycles. The second kappa shape index (κ2) is 26.0. The molecule has 0 fully saturated rings. The smallest absolute Gasteiger partial charge is 0.159 e. The molecule has 0 N–H and O–H groups in total. The van der Waals surface area contributed by atoms with Crippen LogP contribution >= 0.6 is 45.3 Å². The molecule has 0 spiro atoms. The minimum Gasteiger partial charge on any atom is -0.309 e. The summed E-state index contributed by atoms with van der Waals surface area (Å²) in [7, 11) is 0. The Hall–Kier alpha value is -14.6. The van der Waals surface area contributed by atoms with Gasteiger partial charge in [-0.25, -0.2) is 29.9 Å². The maximum absolute atomic E-state index is 4.91. The number of fused-ring (bicyclic) bond motifs is 28. The molecule has 117 heavy (non-hydrogen) atoms. The fourth-order valence-corrected chi connectivity index (χ4v) is 23.1. The van der Waals surface area contributed by atoms with E-state index in [9.17, 15) is 0 Å². The standard InChI is InChI=1S/C40H24N4S.C34H20N4S.C28H15N3S2/c1-2-10-25(11-3-1)26-18-20-27(21-19-26)43-33-15-7-6-14-30(33)31-22-32-37(23-36(31)43)45-39-38(32)41-24-42-40(39)44-34-16-8-4-12-28(34)29-13-5-9-17-35(29)44;1-2-10-21(11-3-1)37-27-15-7-6-14-24(27)25-18-26-31(19-30(25)37)39-33-32(26)35-20-36-34(33)38-28-16-8-4-12-22(28)23-13-5-9-17-29(23)38;1-4-10-20-16(7-1)17-8-2-5-11-21(17)31(20)28-27-25(29-15-30-28)24-23(33-27)14-13-19-18-9-3-6-12-22(18)32-26(19)24/h1-24H;1-20H;1-15H. The van der Waals surface area contributed by atoms with Crippen LogP contribution in [-0.2, 0) is 0 Å². The van der Waals surface area contributed by atoms with Crippen molar-refractivity contribution in [3.63, 3.8) is 0 Å². The Labute approximate surface area is 681 Å². The highest BCUT2D eigenvalue weighted by Gasteiger charge is 2.26. The van der Waals surface area contributed by atoms with Crippen LogP contribution in [-0.4, -0.2) is 52.7 Å². The van der Waals surface area contributed by atoms with Crippen molar-refractivity contribution in [1.29, 1.82) is 0 Å². The van der Waals surface area contributed by atoms with Gasteiger partial charge in [-0.1, -0.05) is 231 Å². The predicted molar refractivity (Wildman–Crippen MR) is 495 cm³/mol. The highest BCUT2D eigenvalue weighted by molar-refractivity contribution is 7.30. The Kier molecular flexibility index (Phi) is 14.6. The van der Waals surface area contributed by atoms with Gasteiger partial charge in [0.25, 0.3) is 0 Å². The lowest BCUT2D eigenvalue weighted by Gasteiger charge is -2.09. The topological polar surface area (TPSA) is 102 Å². The number of rotatable bonds is 6. The van der Waals surface area contributed by atoms with E-state index in [1.165, 1.54) is 143 Å². The normalized spacial score (nSPS) is 12.1. The molecular formula is C102H59N11S4. The lowest BCUT2D eigenvalue weighted by atomic mass is 10.1. The lowest BCUT2D eigenvalue weighted by molar-refractivity contribution is 1.08. The molecule has 0 amide bonds. The van der Waals surface area contributed by atoms with Crippen molar-refractivity contribution in [2.45, 2.75) is 0 Å². The zero-order chi connectivity index (χ0) is 76.5. The highest BCUT2D eigenvalue weighted by atomic mass is 32.1. The first-order valence-electron chi connectivity index (χ1n) is 38.9. The lowest BCUT2D eigenvalue weighted by Crippen LogP contribution is -1.98. The van der Waals surface area contributed by atoms with Crippen LogP contribution in [0.4, 0.5) is 0 Å². The Morgan fingerprint density at radius 1 is 0.179 bits per heavy atom. The van der Waals surface area contributed by atoms with Crippen molar-refractivity contribution >= 4 is 235 Å². The summed E-state index contributed by atoms with van der Waals surface area (Å²) in [4.78, 5) is 29.1. The number of aromatic nitrogens is 11. The number of benzene rings is 15. The van der Waals surface area contributed by atoms with Crippen LogP contribution in [0.25, 0.3) is 230 Å². The average molecular weight is 1570 g/mol. The Bertz CT molecular complexity index is 8640. The molecule has 0 aliphatic heterocycles. The Balaban J connectivity index is 0.0000000992. The molecule has 12 aromatic heterocycles. The molecule has 15 aromatic carbocycles. The van der Waals surface area contributed by atoms with Gasteiger partial charge in [-0.05, 0) is 120 Å². The fourth-order valence-electron chi connectivity index (χ4n) is 18.4. The monoisotopic (exact) mass is 1570 g/mol. The number of thiophene rings is 4. The molecule has 27 aromatic rings. The van der Waals surface area contributed by atoms with Crippen LogP contribution in [0.5, 0.6) is 0 Å². The van der Waals surface area contributed by atoms with Gasteiger partial charge in [0.1, 0.15) is 19.0 Å². The van der Waals surface area contributed by atoms with E-state index >= 15 is 0 Å². The van der Waals surface area contributed by atoms with Gasteiger partial charge in [-0.2, -0.15) is 0 Å². The second-order valence-corrected chi connectivity index (χ2v) is 33.8. The van der Waals surface area contributed by atoms with E-state index in [1.54, 1.807) is 53.0 Å². The van der Waals surface area contributed by atoms with Gasteiger partial charge in [-0.15, -0.1) is 45.3 Å². The molecule has 0 aliphatic rings. The molecule has 0 bridgehead atoms. The van der Waals surface area contributed by atoms with Gasteiger partial charge in [0.2, 0.25) is 0 Å². The quantitative estimate of drug-likeness (QED) is 0.164. The van der Waals surface area contributed by atoms with Crippen molar-refractivity contribution in [1.82, 2.24) is 52.7 Å². The first-order valence-corrected chi connectivity index (χ1v) is 42.2. The van der Waals surface area contributed by atoms with Crippen molar-refractivity contribution in [3.8, 4) is 40.0 Å². The van der Waals surface area contributed by atoms with Crippen LogP contribution in [0.15, 0.2) is 359 Å². The summed E-state index contributed by atoms with van der Waals surface area (Å²) in [5.41, 5.74) is 19.5. The molecule has 0 saturated carbocycles. The third-order valence-electron chi connectivity index (χ3n) is 23.4. The zero-order valence-electron chi connectivity index (χ0n) is 62.1. The average Bonchev–Trinajstić information content (AvgIpc) is 1.56. The van der Waals surface area contributed by atoms with Crippen LogP contribution in [0, 0.1) is 0 Å². The van der Waals surface area contributed by atoms with E-state index in [0.29, 0.717) is 0 Å². The third-order valence-corrected chi connectivity index (χ3v) is 28.0. The summed E-state index contributed by atoms with van der Waals surface area (Å²) in [6.45, 7) is 0. The van der Waals surface area contributed by atoms with Gasteiger partial charge < -0.3 is 9.13 Å². The molecule has 546 valence electrons. The van der Waals surface area contributed by atoms with Crippen molar-refractivity contribution < 1.29 is 0 Å². The minimum absolute atomic E-state index is 0.924. The summed E-state index contributed by atoms with van der Waals surface area (Å²) in [6.07, 6.45) is 5.15. The molecule has 0 saturated heterocycles. The van der Waals surface area contributed by atoms with E-state index in [2.05, 4.69) is 363 Å².